The predicted octanol–water partition coefficient (Wildman–Crippen LogP) is 8.74. The van der Waals surface area contributed by atoms with Gasteiger partial charge < -0.3 is 10.4 Å². The molecule has 0 spiro atoms. The summed E-state index contributed by atoms with van der Waals surface area (Å²) >= 11 is 0. The van der Waals surface area contributed by atoms with Crippen LogP contribution in [0, 0.1) is 22.7 Å². The number of rotatable bonds is 2. The van der Waals surface area contributed by atoms with Gasteiger partial charge in [-0.2, -0.15) is 10.5 Å². The Morgan fingerprint density at radius 2 is 1.40 bits per heavy atom. The number of aliphatic imine (C=N–C) groups is 1. The Labute approximate surface area is 244 Å². The van der Waals surface area contributed by atoms with Crippen molar-refractivity contribution in [2.75, 3.05) is 5.32 Å². The van der Waals surface area contributed by atoms with Crippen LogP contribution in [0.4, 0.5) is 11.4 Å². The van der Waals surface area contributed by atoms with Crippen LogP contribution in [-0.4, -0.2) is 10.8 Å². The summed E-state index contributed by atoms with van der Waals surface area (Å²) in [5.41, 5.74) is 6.42. The van der Waals surface area contributed by atoms with Crippen LogP contribution in [-0.2, 0) is 10.8 Å². The Morgan fingerprint density at radius 3 is 2.10 bits per heavy atom. The monoisotopic (exact) mass is 544 g/mol. The minimum Gasteiger partial charge on any atom is -0.507 e. The molecule has 2 N–H and O–H groups in total. The molecule has 42 heavy (non-hydrogen) atoms. The Hall–Kier alpha value is -5.39. The van der Waals surface area contributed by atoms with Crippen molar-refractivity contribution in [3.8, 4) is 12.1 Å². The second kappa shape index (κ2) is 8.80. The Bertz CT molecular complexity index is 2120. The van der Waals surface area contributed by atoms with Crippen molar-refractivity contribution in [2.24, 2.45) is 4.99 Å². The van der Waals surface area contributed by atoms with E-state index < -0.39 is 5.41 Å². The Balaban J connectivity index is 1.36. The number of nitrogens with one attached hydrogen (secondary N) is 1. The molecule has 0 fully saturated rings. The van der Waals surface area contributed by atoms with Crippen LogP contribution in [0.2, 0.25) is 0 Å². The van der Waals surface area contributed by atoms with E-state index in [0.29, 0.717) is 16.7 Å². The zero-order valence-electron chi connectivity index (χ0n) is 23.9. The summed E-state index contributed by atoms with van der Waals surface area (Å²) in [6.07, 6.45) is 3.72. The zero-order valence-corrected chi connectivity index (χ0v) is 23.9. The standard InChI is InChI=1S/C37H28N4O/c1-36(2)28-15-13-21-9-5-7-11-24(21)33(28)40-30(36)17-26-32(23(19-38)20-39)27(35(26)42)18-31-37(3,4)29-16-14-22-10-6-8-12-25(22)34(29)41-31/h5-18,40,42H,1-4H3/b27-18-,30-17-. The summed E-state index contributed by atoms with van der Waals surface area (Å²) in [4.78, 5) is 5.03. The summed E-state index contributed by atoms with van der Waals surface area (Å²) in [6, 6.07) is 29.0. The number of benzene rings is 4. The number of nitrogens with zero attached hydrogens (tertiary/aromatic N) is 3. The highest BCUT2D eigenvalue weighted by Gasteiger charge is 2.41. The van der Waals surface area contributed by atoms with E-state index in [4.69, 9.17) is 4.99 Å². The van der Waals surface area contributed by atoms with E-state index in [1.807, 2.05) is 36.4 Å². The SMILES string of the molecule is CC1(C)C(/C=C2C(O)=C(/C=C3\Nc4c(ccc5ccccc45)C3(C)C)C\2=C(C#N)C#N)=Nc2c1ccc1ccccc21. The molecule has 0 atom stereocenters. The number of anilines is 1. The molecule has 7 rings (SSSR count). The maximum Gasteiger partial charge on any atom is 0.138 e. The first-order chi connectivity index (χ1) is 20.2. The molecule has 4 aromatic rings. The molecule has 0 radical (unpaired) electrons. The van der Waals surface area contributed by atoms with Crippen molar-refractivity contribution >= 4 is 38.6 Å². The van der Waals surface area contributed by atoms with Gasteiger partial charge in [-0.05, 0) is 34.1 Å². The summed E-state index contributed by atoms with van der Waals surface area (Å²) in [7, 11) is 0. The van der Waals surface area contributed by atoms with Crippen LogP contribution in [0.1, 0.15) is 38.8 Å². The van der Waals surface area contributed by atoms with Gasteiger partial charge in [0, 0.05) is 44.0 Å². The van der Waals surface area contributed by atoms with Gasteiger partial charge in [-0.15, -0.1) is 0 Å². The average molecular weight is 545 g/mol. The van der Waals surface area contributed by atoms with E-state index in [-0.39, 0.29) is 16.7 Å². The van der Waals surface area contributed by atoms with Gasteiger partial charge in [-0.3, -0.25) is 4.99 Å². The fourth-order valence-corrected chi connectivity index (χ4v) is 6.50. The van der Waals surface area contributed by atoms with Crippen LogP contribution < -0.4 is 5.32 Å². The van der Waals surface area contributed by atoms with E-state index in [9.17, 15) is 15.6 Å². The number of allylic oxidation sites excluding steroid dienone is 6. The molecule has 3 aliphatic rings. The van der Waals surface area contributed by atoms with Crippen LogP contribution in [0.5, 0.6) is 0 Å². The third kappa shape index (κ3) is 3.44. The lowest BCUT2D eigenvalue weighted by atomic mass is 9.74. The van der Waals surface area contributed by atoms with Crippen molar-refractivity contribution in [1.82, 2.24) is 0 Å². The lowest BCUT2D eigenvalue weighted by Gasteiger charge is -2.29. The van der Waals surface area contributed by atoms with Crippen molar-refractivity contribution in [3.05, 3.63) is 130 Å². The van der Waals surface area contributed by atoms with Crippen molar-refractivity contribution < 1.29 is 5.11 Å². The minimum absolute atomic E-state index is 0.0379. The number of hydrogen-bond donors (Lipinski definition) is 2. The normalized spacial score (nSPS) is 19.7. The highest BCUT2D eigenvalue weighted by Crippen LogP contribution is 2.50. The van der Waals surface area contributed by atoms with E-state index >= 15 is 0 Å². The molecule has 2 aliphatic heterocycles. The molecule has 4 aromatic carbocycles. The average Bonchev–Trinajstić information content (AvgIpc) is 3.41. The van der Waals surface area contributed by atoms with Crippen LogP contribution in [0.3, 0.4) is 0 Å². The lowest BCUT2D eigenvalue weighted by molar-refractivity contribution is 0.410. The second-order valence-corrected chi connectivity index (χ2v) is 12.1. The largest absolute Gasteiger partial charge is 0.507 e. The van der Waals surface area contributed by atoms with Gasteiger partial charge in [0.05, 0.1) is 17.1 Å². The Morgan fingerprint density at radius 1 is 0.786 bits per heavy atom. The fraction of sp³-hybridized carbons (Fsp3) is 0.162. The number of nitriles is 2. The summed E-state index contributed by atoms with van der Waals surface area (Å²) < 4.78 is 0. The molecule has 1 aliphatic carbocycles. The lowest BCUT2D eigenvalue weighted by Crippen LogP contribution is -2.26. The molecule has 2 heterocycles. The summed E-state index contributed by atoms with van der Waals surface area (Å²) in [5.74, 6) is 0.0539. The molecular weight excluding hydrogens is 516 g/mol. The van der Waals surface area contributed by atoms with Gasteiger partial charge >= 0.3 is 0 Å². The zero-order chi connectivity index (χ0) is 29.4. The van der Waals surface area contributed by atoms with Gasteiger partial charge in [-0.25, -0.2) is 0 Å². The van der Waals surface area contributed by atoms with Crippen LogP contribution in [0.15, 0.2) is 124 Å². The van der Waals surface area contributed by atoms with Gasteiger partial charge in [0.25, 0.3) is 0 Å². The van der Waals surface area contributed by atoms with E-state index in [1.165, 1.54) is 0 Å². The van der Waals surface area contributed by atoms with E-state index in [1.54, 1.807) is 0 Å². The van der Waals surface area contributed by atoms with Crippen molar-refractivity contribution in [2.45, 2.75) is 38.5 Å². The molecule has 202 valence electrons. The maximum absolute atomic E-state index is 11.4. The van der Waals surface area contributed by atoms with Crippen molar-refractivity contribution in [1.29, 1.82) is 10.5 Å². The third-order valence-corrected chi connectivity index (χ3v) is 9.07. The molecule has 0 saturated carbocycles. The predicted molar refractivity (Wildman–Crippen MR) is 169 cm³/mol. The third-order valence-electron chi connectivity index (χ3n) is 9.07. The summed E-state index contributed by atoms with van der Waals surface area (Å²) in [5, 5.41) is 39.3. The van der Waals surface area contributed by atoms with Gasteiger partial charge in [-0.1, -0.05) is 100 Å². The number of aliphatic hydroxyl groups excluding tert-OH is 1. The molecule has 5 nitrogen and oxygen atoms in total. The topological polar surface area (TPSA) is 92.2 Å². The fourth-order valence-electron chi connectivity index (χ4n) is 6.50. The number of hydrogen-bond acceptors (Lipinski definition) is 5. The number of fused-ring (bicyclic) bond motifs is 6. The molecule has 5 heteroatoms. The van der Waals surface area contributed by atoms with Crippen LogP contribution >= 0.6 is 0 Å². The highest BCUT2D eigenvalue weighted by atomic mass is 16.3. The molecule has 0 bridgehead atoms. The molecule has 0 aromatic heterocycles. The quantitative estimate of drug-likeness (QED) is 0.247. The summed E-state index contributed by atoms with van der Waals surface area (Å²) in [6.45, 7) is 8.49. The van der Waals surface area contributed by atoms with E-state index in [0.717, 1.165) is 55.5 Å². The molecular formula is C37H28N4O. The maximum atomic E-state index is 11.4. The highest BCUT2D eigenvalue weighted by molar-refractivity contribution is 6.14. The first kappa shape index (κ1) is 25.6. The molecule has 0 unspecified atom stereocenters. The minimum atomic E-state index is -0.427. The first-order valence-corrected chi connectivity index (χ1v) is 14.0. The Kier molecular flexibility index (Phi) is 5.36. The number of aliphatic hydroxyl groups is 1. The van der Waals surface area contributed by atoms with Crippen molar-refractivity contribution in [3.63, 3.8) is 0 Å². The second-order valence-electron chi connectivity index (χ2n) is 12.1. The van der Waals surface area contributed by atoms with E-state index in [2.05, 4.69) is 93.7 Å². The molecule has 0 amide bonds. The van der Waals surface area contributed by atoms with Crippen LogP contribution in [0.25, 0.3) is 21.5 Å². The van der Waals surface area contributed by atoms with Gasteiger partial charge in [0.2, 0.25) is 0 Å². The molecule has 0 saturated heterocycles. The van der Waals surface area contributed by atoms with Gasteiger partial charge in [0.1, 0.15) is 23.5 Å². The van der Waals surface area contributed by atoms with Gasteiger partial charge in [0.15, 0.2) is 0 Å². The smallest absolute Gasteiger partial charge is 0.138 e. The first-order valence-electron chi connectivity index (χ1n) is 14.0.